The molecule has 0 heterocycles. The van der Waals surface area contributed by atoms with Crippen LogP contribution in [0, 0.1) is 11.6 Å². The van der Waals surface area contributed by atoms with Gasteiger partial charge >= 0.3 is 0 Å². The van der Waals surface area contributed by atoms with Crippen molar-refractivity contribution in [1.29, 1.82) is 0 Å². The fourth-order valence-corrected chi connectivity index (χ4v) is 1.98. The lowest BCUT2D eigenvalue weighted by molar-refractivity contribution is 0.103. The standard InChI is InChI=1S/C16H13ClF2O2/c1-2-7-21-15-6-4-3-5-10(15)16(20)11-8-14(19)12(17)9-13(11)18/h3-6,8-9H,2,7H2,1H3. The van der Waals surface area contributed by atoms with E-state index in [-0.39, 0.29) is 16.1 Å². The third kappa shape index (κ3) is 3.39. The average molecular weight is 311 g/mol. The van der Waals surface area contributed by atoms with Gasteiger partial charge in [0.2, 0.25) is 0 Å². The van der Waals surface area contributed by atoms with Gasteiger partial charge < -0.3 is 4.74 Å². The molecular formula is C16H13ClF2O2. The molecule has 0 saturated carbocycles. The second-order valence-corrected chi connectivity index (χ2v) is 4.83. The first kappa shape index (κ1) is 15.4. The molecule has 0 atom stereocenters. The summed E-state index contributed by atoms with van der Waals surface area (Å²) in [4.78, 5) is 12.4. The maximum absolute atomic E-state index is 13.8. The van der Waals surface area contributed by atoms with Crippen LogP contribution < -0.4 is 4.74 Å². The maximum Gasteiger partial charge on any atom is 0.199 e. The highest BCUT2D eigenvalue weighted by Crippen LogP contribution is 2.25. The maximum atomic E-state index is 13.8. The zero-order valence-electron chi connectivity index (χ0n) is 11.3. The van der Waals surface area contributed by atoms with Gasteiger partial charge in [-0.15, -0.1) is 0 Å². The molecule has 0 unspecified atom stereocenters. The molecule has 21 heavy (non-hydrogen) atoms. The van der Waals surface area contributed by atoms with Crippen molar-refractivity contribution < 1.29 is 18.3 Å². The third-order valence-electron chi connectivity index (χ3n) is 2.85. The first-order valence-corrected chi connectivity index (χ1v) is 6.83. The molecule has 5 heteroatoms. The van der Waals surface area contributed by atoms with Gasteiger partial charge in [0.25, 0.3) is 0 Å². The van der Waals surface area contributed by atoms with Crippen molar-refractivity contribution in [2.45, 2.75) is 13.3 Å². The minimum Gasteiger partial charge on any atom is -0.493 e. The second kappa shape index (κ2) is 6.68. The van der Waals surface area contributed by atoms with Crippen LogP contribution in [0.2, 0.25) is 5.02 Å². The Morgan fingerprint density at radius 1 is 1.14 bits per heavy atom. The minimum atomic E-state index is -0.864. The summed E-state index contributed by atoms with van der Waals surface area (Å²) in [5.74, 6) is -2.00. The number of para-hydroxylation sites is 1. The molecule has 0 aliphatic carbocycles. The predicted molar refractivity (Wildman–Crippen MR) is 77.0 cm³/mol. The Labute approximate surface area is 126 Å². The summed E-state index contributed by atoms with van der Waals surface area (Å²) < 4.78 is 32.8. The molecule has 110 valence electrons. The summed E-state index contributed by atoms with van der Waals surface area (Å²) in [5, 5.41) is -0.362. The molecule has 0 aliphatic heterocycles. The number of ketones is 1. The molecule has 0 fully saturated rings. The van der Waals surface area contributed by atoms with Crippen molar-refractivity contribution in [3.63, 3.8) is 0 Å². The van der Waals surface area contributed by atoms with E-state index in [0.29, 0.717) is 12.4 Å². The normalized spacial score (nSPS) is 10.5. The van der Waals surface area contributed by atoms with Crippen LogP contribution in [0.15, 0.2) is 36.4 Å². The van der Waals surface area contributed by atoms with E-state index in [1.165, 1.54) is 6.07 Å². The number of carbonyl (C=O) groups excluding carboxylic acids is 1. The summed E-state index contributed by atoms with van der Waals surface area (Å²) in [6, 6.07) is 8.07. The van der Waals surface area contributed by atoms with Gasteiger partial charge in [-0.3, -0.25) is 4.79 Å². The molecule has 0 aromatic heterocycles. The highest BCUT2D eigenvalue weighted by molar-refractivity contribution is 6.31. The predicted octanol–water partition coefficient (Wildman–Crippen LogP) is 4.64. The number of carbonyl (C=O) groups is 1. The lowest BCUT2D eigenvalue weighted by Crippen LogP contribution is -2.08. The van der Waals surface area contributed by atoms with Gasteiger partial charge in [0, 0.05) is 0 Å². The number of ether oxygens (including phenoxy) is 1. The molecule has 0 amide bonds. The van der Waals surface area contributed by atoms with Crippen LogP contribution in [0.3, 0.4) is 0 Å². The van der Waals surface area contributed by atoms with Gasteiger partial charge in [0.1, 0.15) is 17.4 Å². The fourth-order valence-electron chi connectivity index (χ4n) is 1.83. The van der Waals surface area contributed by atoms with Crippen molar-refractivity contribution in [2.24, 2.45) is 0 Å². The number of halogens is 3. The van der Waals surface area contributed by atoms with E-state index < -0.39 is 17.4 Å². The zero-order chi connectivity index (χ0) is 15.4. The molecule has 2 rings (SSSR count). The smallest absolute Gasteiger partial charge is 0.199 e. The van der Waals surface area contributed by atoms with Crippen molar-refractivity contribution in [3.8, 4) is 5.75 Å². The van der Waals surface area contributed by atoms with E-state index in [2.05, 4.69) is 0 Å². The number of benzene rings is 2. The van der Waals surface area contributed by atoms with E-state index in [1.54, 1.807) is 18.2 Å². The van der Waals surface area contributed by atoms with Crippen LogP contribution in [0.4, 0.5) is 8.78 Å². The van der Waals surface area contributed by atoms with Gasteiger partial charge in [-0.05, 0) is 30.7 Å². The van der Waals surface area contributed by atoms with Gasteiger partial charge in [-0.1, -0.05) is 30.7 Å². The van der Waals surface area contributed by atoms with Crippen LogP contribution in [0.1, 0.15) is 29.3 Å². The van der Waals surface area contributed by atoms with E-state index >= 15 is 0 Å². The summed E-state index contributed by atoms with van der Waals surface area (Å²) in [6.07, 6.45) is 0.770. The highest BCUT2D eigenvalue weighted by Gasteiger charge is 2.20. The van der Waals surface area contributed by atoms with E-state index in [4.69, 9.17) is 16.3 Å². The molecule has 0 bridgehead atoms. The quantitative estimate of drug-likeness (QED) is 0.594. The lowest BCUT2D eigenvalue weighted by Gasteiger charge is -2.10. The van der Waals surface area contributed by atoms with E-state index in [9.17, 15) is 13.6 Å². The summed E-state index contributed by atoms with van der Waals surface area (Å²) in [5.41, 5.74) is -0.184. The molecule has 0 spiro atoms. The molecule has 0 radical (unpaired) electrons. The van der Waals surface area contributed by atoms with Gasteiger partial charge in [0.05, 0.1) is 22.8 Å². The van der Waals surface area contributed by atoms with Crippen LogP contribution in [0.25, 0.3) is 0 Å². The molecule has 2 aromatic carbocycles. The number of rotatable bonds is 5. The van der Waals surface area contributed by atoms with Crippen LogP contribution in [-0.4, -0.2) is 12.4 Å². The topological polar surface area (TPSA) is 26.3 Å². The monoisotopic (exact) mass is 310 g/mol. The summed E-state index contributed by atoms with van der Waals surface area (Å²) in [6.45, 7) is 2.36. The van der Waals surface area contributed by atoms with E-state index in [0.717, 1.165) is 18.6 Å². The molecule has 2 aromatic rings. The number of hydrogen-bond acceptors (Lipinski definition) is 2. The van der Waals surface area contributed by atoms with E-state index in [1.807, 2.05) is 6.92 Å². The molecule has 0 N–H and O–H groups in total. The van der Waals surface area contributed by atoms with Crippen LogP contribution in [-0.2, 0) is 0 Å². The van der Waals surface area contributed by atoms with Gasteiger partial charge in [-0.25, -0.2) is 8.78 Å². The minimum absolute atomic E-state index is 0.187. The first-order valence-electron chi connectivity index (χ1n) is 6.45. The first-order chi connectivity index (χ1) is 10.0. The molecule has 0 saturated heterocycles. The third-order valence-corrected chi connectivity index (χ3v) is 3.14. The Balaban J connectivity index is 2.43. The van der Waals surface area contributed by atoms with Crippen LogP contribution >= 0.6 is 11.6 Å². The van der Waals surface area contributed by atoms with Crippen LogP contribution in [0.5, 0.6) is 5.75 Å². The number of hydrogen-bond donors (Lipinski definition) is 0. The molecular weight excluding hydrogens is 298 g/mol. The fraction of sp³-hybridized carbons (Fsp3) is 0.188. The highest BCUT2D eigenvalue weighted by atomic mass is 35.5. The molecule has 0 aliphatic rings. The Hall–Kier alpha value is -1.94. The SMILES string of the molecule is CCCOc1ccccc1C(=O)c1cc(F)c(Cl)cc1F. The average Bonchev–Trinajstić information content (AvgIpc) is 2.48. The summed E-state index contributed by atoms with van der Waals surface area (Å²) >= 11 is 5.49. The Bertz CT molecular complexity index is 671. The molecule has 2 nitrogen and oxygen atoms in total. The van der Waals surface area contributed by atoms with Gasteiger partial charge in [0.15, 0.2) is 5.78 Å². The second-order valence-electron chi connectivity index (χ2n) is 4.42. The van der Waals surface area contributed by atoms with Crippen molar-refractivity contribution in [3.05, 3.63) is 64.2 Å². The lowest BCUT2D eigenvalue weighted by atomic mass is 10.0. The Morgan fingerprint density at radius 2 is 1.86 bits per heavy atom. The largest absolute Gasteiger partial charge is 0.493 e. The van der Waals surface area contributed by atoms with Crippen molar-refractivity contribution in [1.82, 2.24) is 0 Å². The van der Waals surface area contributed by atoms with Crippen molar-refractivity contribution in [2.75, 3.05) is 6.61 Å². The summed E-state index contributed by atoms with van der Waals surface area (Å²) in [7, 11) is 0. The zero-order valence-corrected chi connectivity index (χ0v) is 12.1. The van der Waals surface area contributed by atoms with Crippen molar-refractivity contribution >= 4 is 17.4 Å². The Morgan fingerprint density at radius 3 is 2.57 bits per heavy atom. The van der Waals surface area contributed by atoms with Gasteiger partial charge in [-0.2, -0.15) is 0 Å². The Kier molecular flexibility index (Phi) is 4.91.